The second kappa shape index (κ2) is 6.15. The molecule has 0 aliphatic rings. The van der Waals surface area contributed by atoms with Crippen LogP contribution in [0.1, 0.15) is 21.5 Å². The van der Waals surface area contributed by atoms with Crippen LogP contribution in [0.2, 0.25) is 0 Å². The number of fused-ring (bicyclic) bond motifs is 1. The van der Waals surface area contributed by atoms with E-state index in [2.05, 4.69) is 49.0 Å². The third-order valence-electron chi connectivity index (χ3n) is 3.72. The first-order chi connectivity index (χ1) is 10.3. The SMILES string of the molecule is O=C(CS)c1ccccc1Cc1cccc2ccccc12. The topological polar surface area (TPSA) is 17.1 Å². The molecule has 0 N–H and O–H groups in total. The number of ketones is 1. The second-order valence-electron chi connectivity index (χ2n) is 5.05. The standard InChI is InChI=1S/C19H16OS/c20-19(13-21)18-11-4-2-7-16(18)12-15-9-5-8-14-6-1-3-10-17(14)15/h1-11,21H,12-13H2. The Morgan fingerprint density at radius 1 is 0.810 bits per heavy atom. The molecule has 0 amide bonds. The van der Waals surface area contributed by atoms with Gasteiger partial charge >= 0.3 is 0 Å². The van der Waals surface area contributed by atoms with E-state index in [9.17, 15) is 4.79 Å². The van der Waals surface area contributed by atoms with Gasteiger partial charge in [-0.3, -0.25) is 4.79 Å². The maximum absolute atomic E-state index is 12.0. The summed E-state index contributed by atoms with van der Waals surface area (Å²) in [5.74, 6) is 0.321. The summed E-state index contributed by atoms with van der Waals surface area (Å²) in [7, 11) is 0. The van der Waals surface area contributed by atoms with Gasteiger partial charge in [-0.15, -0.1) is 0 Å². The van der Waals surface area contributed by atoms with Gasteiger partial charge in [0, 0.05) is 5.56 Å². The van der Waals surface area contributed by atoms with Gasteiger partial charge in [-0.05, 0) is 28.3 Å². The van der Waals surface area contributed by atoms with Gasteiger partial charge in [0.2, 0.25) is 0 Å². The van der Waals surface area contributed by atoms with Crippen molar-refractivity contribution in [2.75, 3.05) is 5.75 Å². The van der Waals surface area contributed by atoms with Crippen LogP contribution < -0.4 is 0 Å². The first-order valence-corrected chi connectivity index (χ1v) is 7.61. The number of benzene rings is 3. The third kappa shape index (κ3) is 2.86. The third-order valence-corrected chi connectivity index (χ3v) is 4.01. The van der Waals surface area contributed by atoms with Crippen LogP contribution in [0, 0.1) is 0 Å². The highest BCUT2D eigenvalue weighted by atomic mass is 32.1. The van der Waals surface area contributed by atoms with Gasteiger partial charge in [0.1, 0.15) is 0 Å². The highest BCUT2D eigenvalue weighted by molar-refractivity contribution is 7.81. The van der Waals surface area contributed by atoms with Crippen molar-refractivity contribution in [3.05, 3.63) is 83.4 Å². The molecule has 0 aromatic heterocycles. The monoisotopic (exact) mass is 292 g/mol. The first kappa shape index (κ1) is 13.9. The largest absolute Gasteiger partial charge is 0.293 e. The van der Waals surface area contributed by atoms with Gasteiger partial charge in [-0.2, -0.15) is 12.6 Å². The van der Waals surface area contributed by atoms with Gasteiger partial charge in [0.05, 0.1) is 5.75 Å². The van der Waals surface area contributed by atoms with Crippen LogP contribution in [-0.2, 0) is 6.42 Å². The maximum Gasteiger partial charge on any atom is 0.172 e. The van der Waals surface area contributed by atoms with Gasteiger partial charge < -0.3 is 0 Å². The summed E-state index contributed by atoms with van der Waals surface area (Å²) in [6, 6.07) is 22.5. The molecule has 0 aliphatic carbocycles. The lowest BCUT2D eigenvalue weighted by atomic mass is 9.94. The zero-order valence-electron chi connectivity index (χ0n) is 11.6. The van der Waals surface area contributed by atoms with Gasteiger partial charge in [-0.1, -0.05) is 66.7 Å². The van der Waals surface area contributed by atoms with E-state index in [1.165, 1.54) is 16.3 Å². The summed E-state index contributed by atoms with van der Waals surface area (Å²) in [6.45, 7) is 0. The molecule has 3 aromatic rings. The number of carbonyl (C=O) groups excluding carboxylic acids is 1. The molecule has 3 aromatic carbocycles. The number of Topliss-reactive ketones (excluding diaryl/α,β-unsaturated/α-hetero) is 1. The van der Waals surface area contributed by atoms with E-state index >= 15 is 0 Å². The molecule has 0 heterocycles. The van der Waals surface area contributed by atoms with Crippen LogP contribution in [0.25, 0.3) is 10.8 Å². The minimum atomic E-state index is 0.0779. The Hall–Kier alpha value is -2.06. The van der Waals surface area contributed by atoms with Crippen LogP contribution >= 0.6 is 12.6 Å². The van der Waals surface area contributed by atoms with E-state index < -0.39 is 0 Å². The highest BCUT2D eigenvalue weighted by Gasteiger charge is 2.10. The number of thiol groups is 1. The Bertz CT molecular complexity index is 787. The van der Waals surface area contributed by atoms with Crippen molar-refractivity contribution in [3.8, 4) is 0 Å². The van der Waals surface area contributed by atoms with E-state index in [0.29, 0.717) is 0 Å². The van der Waals surface area contributed by atoms with Crippen LogP contribution in [-0.4, -0.2) is 11.5 Å². The molecule has 2 heteroatoms. The molecule has 21 heavy (non-hydrogen) atoms. The molecule has 104 valence electrons. The Kier molecular flexibility index (Phi) is 4.07. The average Bonchev–Trinajstić information content (AvgIpc) is 2.55. The Morgan fingerprint density at radius 2 is 1.48 bits per heavy atom. The smallest absolute Gasteiger partial charge is 0.172 e. The molecule has 0 saturated carbocycles. The molecule has 0 radical (unpaired) electrons. The molecule has 1 nitrogen and oxygen atoms in total. The van der Waals surface area contributed by atoms with Crippen LogP contribution in [0.4, 0.5) is 0 Å². The fourth-order valence-corrected chi connectivity index (χ4v) is 2.85. The molecule has 0 spiro atoms. The normalized spacial score (nSPS) is 10.7. The second-order valence-corrected chi connectivity index (χ2v) is 5.37. The Balaban J connectivity index is 2.05. The molecule has 0 fully saturated rings. The van der Waals surface area contributed by atoms with Crippen molar-refractivity contribution in [1.82, 2.24) is 0 Å². The highest BCUT2D eigenvalue weighted by Crippen LogP contribution is 2.23. The van der Waals surface area contributed by atoms with Gasteiger partial charge in [0.15, 0.2) is 5.78 Å². The number of hydrogen-bond acceptors (Lipinski definition) is 2. The predicted molar refractivity (Wildman–Crippen MR) is 91.4 cm³/mol. The molecular formula is C19H16OS. The lowest BCUT2D eigenvalue weighted by Crippen LogP contribution is -2.05. The maximum atomic E-state index is 12.0. The zero-order valence-corrected chi connectivity index (χ0v) is 12.5. The molecular weight excluding hydrogens is 276 g/mol. The van der Waals surface area contributed by atoms with Gasteiger partial charge in [0.25, 0.3) is 0 Å². The summed E-state index contributed by atoms with van der Waals surface area (Å²) in [5.41, 5.74) is 3.08. The van der Waals surface area contributed by atoms with Crippen LogP contribution in [0.5, 0.6) is 0 Å². The van der Waals surface area contributed by atoms with Crippen molar-refractivity contribution in [1.29, 1.82) is 0 Å². The average molecular weight is 292 g/mol. The summed E-state index contributed by atoms with van der Waals surface area (Å²) in [6.07, 6.45) is 0.761. The summed E-state index contributed by atoms with van der Waals surface area (Å²) >= 11 is 4.11. The van der Waals surface area contributed by atoms with E-state index in [4.69, 9.17) is 0 Å². The lowest BCUT2D eigenvalue weighted by molar-refractivity contribution is 0.102. The van der Waals surface area contributed by atoms with Crippen LogP contribution in [0.3, 0.4) is 0 Å². The van der Waals surface area contributed by atoms with E-state index in [-0.39, 0.29) is 11.5 Å². The van der Waals surface area contributed by atoms with Crippen molar-refractivity contribution in [3.63, 3.8) is 0 Å². The van der Waals surface area contributed by atoms with E-state index in [1.807, 2.05) is 30.3 Å². The zero-order chi connectivity index (χ0) is 14.7. The predicted octanol–water partition coefficient (Wildman–Crippen LogP) is 4.54. The molecule has 0 atom stereocenters. The minimum Gasteiger partial charge on any atom is -0.293 e. The van der Waals surface area contributed by atoms with Gasteiger partial charge in [-0.25, -0.2) is 0 Å². The van der Waals surface area contributed by atoms with Crippen molar-refractivity contribution in [2.24, 2.45) is 0 Å². The number of rotatable bonds is 4. The Labute approximate surface area is 130 Å². The number of carbonyl (C=O) groups is 1. The summed E-state index contributed by atoms with van der Waals surface area (Å²) < 4.78 is 0. The summed E-state index contributed by atoms with van der Waals surface area (Å²) in [4.78, 5) is 12.0. The van der Waals surface area contributed by atoms with Crippen LogP contribution in [0.15, 0.2) is 66.7 Å². The number of hydrogen-bond donors (Lipinski definition) is 1. The molecule has 0 saturated heterocycles. The molecule has 3 rings (SSSR count). The minimum absolute atomic E-state index is 0.0779. The van der Waals surface area contributed by atoms with Crippen molar-refractivity contribution in [2.45, 2.75) is 6.42 Å². The van der Waals surface area contributed by atoms with E-state index in [1.54, 1.807) is 0 Å². The quantitative estimate of drug-likeness (QED) is 0.552. The van der Waals surface area contributed by atoms with Crippen molar-refractivity contribution < 1.29 is 4.79 Å². The van der Waals surface area contributed by atoms with Crippen molar-refractivity contribution >= 4 is 29.2 Å². The lowest BCUT2D eigenvalue weighted by Gasteiger charge is -2.10. The molecule has 0 unspecified atom stereocenters. The molecule has 0 aliphatic heterocycles. The molecule has 0 bridgehead atoms. The fraction of sp³-hybridized carbons (Fsp3) is 0.105. The first-order valence-electron chi connectivity index (χ1n) is 6.98. The summed E-state index contributed by atoms with van der Waals surface area (Å²) in [5, 5.41) is 2.47. The van der Waals surface area contributed by atoms with E-state index in [0.717, 1.165) is 17.5 Å². The fourth-order valence-electron chi connectivity index (χ4n) is 2.68. The Morgan fingerprint density at radius 3 is 2.33 bits per heavy atom.